The number of aryl methyl sites for hydroxylation is 1. The smallest absolute Gasteiger partial charge is 0.329 e. The molecule has 1 aromatic rings. The van der Waals surface area contributed by atoms with Crippen molar-refractivity contribution in [2.45, 2.75) is 32.9 Å². The Morgan fingerprint density at radius 3 is 2.61 bits per heavy atom. The first-order valence-corrected chi connectivity index (χ1v) is 6.29. The number of carboxylic acids is 1. The molecule has 6 nitrogen and oxygen atoms in total. The lowest BCUT2D eigenvalue weighted by molar-refractivity contribution is -0.146. The van der Waals surface area contributed by atoms with Crippen molar-refractivity contribution in [2.24, 2.45) is 0 Å². The summed E-state index contributed by atoms with van der Waals surface area (Å²) in [6.07, 6.45) is 0. The molecule has 1 heterocycles. The monoisotopic (exact) mass is 271 g/mol. The second-order valence-corrected chi connectivity index (χ2v) is 5.50. The van der Waals surface area contributed by atoms with Crippen molar-refractivity contribution >= 4 is 23.3 Å². The van der Waals surface area contributed by atoms with E-state index in [9.17, 15) is 9.59 Å². The lowest BCUT2D eigenvalue weighted by Gasteiger charge is -2.31. The minimum Gasteiger partial charge on any atom is -0.480 e. The second kappa shape index (κ2) is 5.34. The Bertz CT molecular complexity index is 456. The van der Waals surface area contributed by atoms with E-state index in [-0.39, 0.29) is 0 Å². The van der Waals surface area contributed by atoms with Gasteiger partial charge in [0.2, 0.25) is 0 Å². The summed E-state index contributed by atoms with van der Waals surface area (Å²) in [5, 5.41) is 14.4. The third kappa shape index (κ3) is 3.19. The minimum absolute atomic E-state index is 0.295. The summed E-state index contributed by atoms with van der Waals surface area (Å²) in [7, 11) is 1.45. The second-order valence-electron chi connectivity index (χ2n) is 4.44. The fraction of sp³-hybridized carbons (Fsp3) is 0.545. The molecule has 0 aliphatic heterocycles. The Morgan fingerprint density at radius 2 is 2.17 bits per heavy atom. The molecule has 0 aromatic carbocycles. The maximum absolute atomic E-state index is 11.8. The normalized spacial score (nSPS) is 11.1. The van der Waals surface area contributed by atoms with Gasteiger partial charge >= 0.3 is 12.0 Å². The number of nitrogens with zero attached hydrogens (tertiary/aromatic N) is 2. The van der Waals surface area contributed by atoms with Gasteiger partial charge in [0.1, 0.15) is 5.54 Å². The lowest BCUT2D eigenvalue weighted by atomic mass is 10.1. The number of thiazole rings is 1. The highest BCUT2D eigenvalue weighted by atomic mass is 32.1. The molecule has 0 saturated carbocycles. The molecule has 0 fully saturated rings. The van der Waals surface area contributed by atoms with Crippen molar-refractivity contribution in [1.29, 1.82) is 0 Å². The van der Waals surface area contributed by atoms with Crippen LogP contribution in [-0.2, 0) is 11.3 Å². The third-order valence-corrected chi connectivity index (χ3v) is 3.58. The van der Waals surface area contributed by atoms with E-state index in [2.05, 4.69) is 10.3 Å². The van der Waals surface area contributed by atoms with E-state index in [0.29, 0.717) is 6.54 Å². The first-order chi connectivity index (χ1) is 8.25. The van der Waals surface area contributed by atoms with Gasteiger partial charge in [-0.25, -0.2) is 14.6 Å². The van der Waals surface area contributed by atoms with Crippen LogP contribution in [0.4, 0.5) is 4.79 Å². The van der Waals surface area contributed by atoms with Crippen LogP contribution in [0.5, 0.6) is 0 Å². The average Bonchev–Trinajstić information content (AvgIpc) is 2.70. The fourth-order valence-corrected chi connectivity index (χ4v) is 1.78. The number of aliphatic carboxylic acids is 1. The van der Waals surface area contributed by atoms with Gasteiger partial charge in [0.15, 0.2) is 0 Å². The summed E-state index contributed by atoms with van der Waals surface area (Å²) in [5.74, 6) is -1.05. The van der Waals surface area contributed by atoms with Crippen molar-refractivity contribution in [1.82, 2.24) is 15.2 Å². The number of hydrogen-bond acceptors (Lipinski definition) is 4. The zero-order chi connectivity index (χ0) is 13.9. The van der Waals surface area contributed by atoms with Gasteiger partial charge in [0.05, 0.1) is 17.2 Å². The van der Waals surface area contributed by atoms with E-state index >= 15 is 0 Å². The average molecular weight is 271 g/mol. The molecule has 0 unspecified atom stereocenters. The molecule has 2 amide bonds. The molecule has 7 heteroatoms. The zero-order valence-electron chi connectivity index (χ0n) is 10.9. The van der Waals surface area contributed by atoms with Crippen LogP contribution in [0.2, 0.25) is 0 Å². The van der Waals surface area contributed by atoms with E-state index in [0.717, 1.165) is 15.6 Å². The maximum Gasteiger partial charge on any atom is 0.329 e. The topological polar surface area (TPSA) is 82.5 Å². The van der Waals surface area contributed by atoms with Gasteiger partial charge < -0.3 is 15.3 Å². The van der Waals surface area contributed by atoms with E-state index in [1.165, 1.54) is 32.2 Å². The molecule has 0 bridgehead atoms. The Hall–Kier alpha value is -1.63. The van der Waals surface area contributed by atoms with Crippen LogP contribution in [0.25, 0.3) is 0 Å². The number of urea groups is 1. The highest BCUT2D eigenvalue weighted by Crippen LogP contribution is 2.13. The van der Waals surface area contributed by atoms with Gasteiger partial charge in [0.25, 0.3) is 0 Å². The number of rotatable bonds is 4. The highest BCUT2D eigenvalue weighted by molar-refractivity contribution is 7.09. The van der Waals surface area contributed by atoms with Gasteiger partial charge in [-0.1, -0.05) is 0 Å². The summed E-state index contributed by atoms with van der Waals surface area (Å²) >= 11 is 1.50. The molecule has 0 radical (unpaired) electrons. The fourth-order valence-electron chi connectivity index (χ4n) is 1.17. The van der Waals surface area contributed by atoms with Gasteiger partial charge in [-0.2, -0.15) is 0 Å². The molecule has 1 rings (SSSR count). The lowest BCUT2D eigenvalue weighted by Crippen LogP contribution is -2.53. The van der Waals surface area contributed by atoms with Crippen LogP contribution < -0.4 is 5.32 Å². The van der Waals surface area contributed by atoms with Crippen LogP contribution in [0.3, 0.4) is 0 Å². The first kappa shape index (κ1) is 14.4. The number of hydrogen-bond donors (Lipinski definition) is 2. The summed E-state index contributed by atoms with van der Waals surface area (Å²) < 4.78 is 0. The van der Waals surface area contributed by atoms with Crippen LogP contribution in [0.1, 0.15) is 24.5 Å². The molecule has 1 aromatic heterocycles. The zero-order valence-corrected chi connectivity index (χ0v) is 11.7. The molecule has 0 aliphatic carbocycles. The van der Waals surface area contributed by atoms with Crippen LogP contribution >= 0.6 is 11.3 Å². The number of carbonyl (C=O) groups excluding carboxylic acids is 1. The van der Waals surface area contributed by atoms with E-state index in [1.807, 2.05) is 12.3 Å². The quantitative estimate of drug-likeness (QED) is 0.868. The molecule has 0 aliphatic rings. The van der Waals surface area contributed by atoms with Crippen LogP contribution in [-0.4, -0.2) is 39.6 Å². The molecule has 100 valence electrons. The summed E-state index contributed by atoms with van der Waals surface area (Å²) in [6, 6.07) is -0.437. The van der Waals surface area contributed by atoms with Crippen molar-refractivity contribution in [3.63, 3.8) is 0 Å². The van der Waals surface area contributed by atoms with E-state index in [4.69, 9.17) is 5.11 Å². The molecule has 0 spiro atoms. The summed E-state index contributed by atoms with van der Waals surface area (Å²) in [5.41, 5.74) is -0.477. The van der Waals surface area contributed by atoms with Crippen molar-refractivity contribution in [3.8, 4) is 0 Å². The number of aromatic nitrogens is 1. The van der Waals surface area contributed by atoms with E-state index < -0.39 is 17.5 Å². The Morgan fingerprint density at radius 1 is 1.56 bits per heavy atom. The molecular weight excluding hydrogens is 254 g/mol. The molecular formula is C11H17N3O3S. The van der Waals surface area contributed by atoms with Gasteiger partial charge in [-0.05, 0) is 20.8 Å². The van der Waals surface area contributed by atoms with Gasteiger partial charge in [-0.15, -0.1) is 11.3 Å². The molecule has 0 saturated heterocycles. The van der Waals surface area contributed by atoms with E-state index in [1.54, 1.807) is 0 Å². The Kier molecular flexibility index (Phi) is 4.28. The predicted molar refractivity (Wildman–Crippen MR) is 68.6 cm³/mol. The third-order valence-electron chi connectivity index (χ3n) is 2.75. The van der Waals surface area contributed by atoms with Crippen LogP contribution in [0, 0.1) is 6.92 Å². The number of amides is 2. The maximum atomic E-state index is 11.8. The van der Waals surface area contributed by atoms with Gasteiger partial charge in [-0.3, -0.25) is 0 Å². The number of nitrogens with one attached hydrogen (secondary N) is 1. The molecule has 0 atom stereocenters. The minimum atomic E-state index is -1.25. The first-order valence-electron chi connectivity index (χ1n) is 5.41. The standard InChI is InChI=1S/C11H17N3O3S/c1-7-13-8(6-18-7)5-12-10(17)14(4)11(2,3)9(15)16/h6H,5H2,1-4H3,(H,12,17)(H,15,16). The Balaban J connectivity index is 2.58. The number of carbonyl (C=O) groups is 2. The summed E-state index contributed by atoms with van der Waals surface area (Å²) in [6.45, 7) is 5.13. The number of carboxylic acid groups (broad SMARTS) is 1. The molecule has 2 N–H and O–H groups in total. The Labute approximate surface area is 110 Å². The summed E-state index contributed by atoms with van der Waals surface area (Å²) in [4.78, 5) is 28.2. The number of likely N-dealkylation sites (N-methyl/N-ethyl adjacent to an activating group) is 1. The van der Waals surface area contributed by atoms with Crippen molar-refractivity contribution < 1.29 is 14.7 Å². The highest BCUT2D eigenvalue weighted by Gasteiger charge is 2.35. The SMILES string of the molecule is Cc1nc(CNC(=O)N(C)C(C)(C)C(=O)O)cs1. The molecule has 18 heavy (non-hydrogen) atoms. The largest absolute Gasteiger partial charge is 0.480 e. The van der Waals surface area contributed by atoms with Crippen molar-refractivity contribution in [3.05, 3.63) is 16.1 Å². The van der Waals surface area contributed by atoms with Gasteiger partial charge in [0, 0.05) is 12.4 Å². The predicted octanol–water partition coefficient (Wildman–Crippen LogP) is 1.46. The van der Waals surface area contributed by atoms with Crippen LogP contribution in [0.15, 0.2) is 5.38 Å². The van der Waals surface area contributed by atoms with Crippen molar-refractivity contribution in [2.75, 3.05) is 7.05 Å².